The van der Waals surface area contributed by atoms with Crippen molar-refractivity contribution in [1.82, 2.24) is 0 Å². The molecule has 13 heavy (non-hydrogen) atoms. The molecule has 0 heteroatoms. The maximum absolute atomic E-state index is 3.95. The fourth-order valence-corrected chi connectivity index (χ4v) is 1.22. The van der Waals surface area contributed by atoms with E-state index in [1.165, 1.54) is 31.3 Å². The first-order chi connectivity index (χ1) is 6.22. The summed E-state index contributed by atoms with van der Waals surface area (Å²) >= 11 is 0. The third kappa shape index (κ3) is 6.39. The summed E-state index contributed by atoms with van der Waals surface area (Å²) in [6.07, 6.45) is 11.6. The van der Waals surface area contributed by atoms with Crippen molar-refractivity contribution < 1.29 is 0 Å². The zero-order chi connectivity index (χ0) is 10.1. The highest BCUT2D eigenvalue weighted by Gasteiger charge is 1.91. The Morgan fingerprint density at radius 2 is 2.00 bits per heavy atom. The lowest BCUT2D eigenvalue weighted by Gasteiger charge is -2.00. The van der Waals surface area contributed by atoms with Gasteiger partial charge in [0.1, 0.15) is 0 Å². The summed E-state index contributed by atoms with van der Waals surface area (Å²) in [5.74, 6) is 0. The fourth-order valence-electron chi connectivity index (χ4n) is 1.22. The Hall–Kier alpha value is -0.780. The Labute approximate surface area is 83.0 Å². The maximum Gasteiger partial charge on any atom is -0.0276 e. The Balaban J connectivity index is 3.97. The molecule has 0 spiro atoms. The van der Waals surface area contributed by atoms with Gasteiger partial charge in [-0.05, 0) is 32.3 Å². The molecular weight excluding hydrogens is 156 g/mol. The number of unbranched alkanes of at least 4 members (excludes halogenated alkanes) is 3. The van der Waals surface area contributed by atoms with Crippen LogP contribution in [0.2, 0.25) is 0 Å². The predicted molar refractivity (Wildman–Crippen MR) is 61.9 cm³/mol. The second-order valence-corrected chi connectivity index (χ2v) is 3.44. The molecule has 0 saturated heterocycles. The van der Waals surface area contributed by atoms with Crippen molar-refractivity contribution in [2.45, 2.75) is 46.5 Å². The molecule has 0 saturated carbocycles. The summed E-state index contributed by atoms with van der Waals surface area (Å²) < 4.78 is 0. The van der Waals surface area contributed by atoms with Gasteiger partial charge in [-0.1, -0.05) is 50.1 Å². The topological polar surface area (TPSA) is 0 Å². The van der Waals surface area contributed by atoms with Crippen molar-refractivity contribution in [3.8, 4) is 0 Å². The largest absolute Gasteiger partial charge is 0.0955 e. The van der Waals surface area contributed by atoms with E-state index in [2.05, 4.69) is 38.7 Å². The second-order valence-electron chi connectivity index (χ2n) is 3.44. The molecule has 0 aromatic heterocycles. The molecule has 0 bridgehead atoms. The van der Waals surface area contributed by atoms with Crippen LogP contribution in [0.3, 0.4) is 0 Å². The van der Waals surface area contributed by atoms with Crippen molar-refractivity contribution >= 4 is 0 Å². The lowest BCUT2D eigenvalue weighted by Crippen LogP contribution is -1.80. The van der Waals surface area contributed by atoms with Gasteiger partial charge in [0.25, 0.3) is 0 Å². The van der Waals surface area contributed by atoms with Crippen LogP contribution in [0, 0.1) is 0 Å². The molecule has 0 aromatic rings. The zero-order valence-electron chi connectivity index (χ0n) is 9.27. The van der Waals surface area contributed by atoms with Gasteiger partial charge in [-0.25, -0.2) is 0 Å². The Morgan fingerprint density at radius 3 is 2.46 bits per heavy atom. The fraction of sp³-hybridized carbons (Fsp3) is 0.538. The van der Waals surface area contributed by atoms with E-state index in [9.17, 15) is 0 Å². The van der Waals surface area contributed by atoms with Gasteiger partial charge in [0.05, 0.1) is 0 Å². The monoisotopic (exact) mass is 178 g/mol. The van der Waals surface area contributed by atoms with Crippen molar-refractivity contribution in [3.05, 3.63) is 36.0 Å². The summed E-state index contributed by atoms with van der Waals surface area (Å²) in [5.41, 5.74) is 2.45. The molecular formula is C13H22. The van der Waals surface area contributed by atoms with E-state index in [1.807, 2.05) is 6.92 Å². The summed E-state index contributed by atoms with van der Waals surface area (Å²) in [5, 5.41) is 0. The quantitative estimate of drug-likeness (QED) is 0.410. The number of rotatable bonds is 6. The van der Waals surface area contributed by atoms with Gasteiger partial charge in [-0.2, -0.15) is 0 Å². The van der Waals surface area contributed by atoms with Crippen LogP contribution in [-0.4, -0.2) is 0 Å². The molecule has 0 aliphatic rings. The molecule has 0 aliphatic carbocycles. The highest BCUT2D eigenvalue weighted by Crippen LogP contribution is 2.11. The summed E-state index contributed by atoms with van der Waals surface area (Å²) in [6.45, 7) is 10.3. The Kier molecular flexibility index (Phi) is 7.38. The minimum absolute atomic E-state index is 1.16. The van der Waals surface area contributed by atoms with Crippen LogP contribution in [-0.2, 0) is 0 Å². The van der Waals surface area contributed by atoms with E-state index in [1.54, 1.807) is 0 Å². The molecule has 0 rings (SSSR count). The number of hydrogen-bond acceptors (Lipinski definition) is 0. The Bertz CT molecular complexity index is 194. The van der Waals surface area contributed by atoms with E-state index in [-0.39, 0.29) is 0 Å². The minimum Gasteiger partial charge on any atom is -0.0955 e. The van der Waals surface area contributed by atoms with Gasteiger partial charge in [-0.15, -0.1) is 0 Å². The van der Waals surface area contributed by atoms with E-state index in [4.69, 9.17) is 0 Å². The summed E-state index contributed by atoms with van der Waals surface area (Å²) in [7, 11) is 0. The normalized spacial score (nSPS) is 12.4. The smallest absolute Gasteiger partial charge is 0.0276 e. The third-order valence-electron chi connectivity index (χ3n) is 2.01. The van der Waals surface area contributed by atoms with E-state index >= 15 is 0 Å². The molecule has 0 radical (unpaired) electrons. The number of hydrogen-bond donors (Lipinski definition) is 0. The molecule has 0 amide bonds. The average molecular weight is 178 g/mol. The van der Waals surface area contributed by atoms with Crippen molar-refractivity contribution in [3.63, 3.8) is 0 Å². The molecule has 0 fully saturated rings. The molecule has 0 N–H and O–H groups in total. The van der Waals surface area contributed by atoms with Crippen molar-refractivity contribution in [2.75, 3.05) is 0 Å². The lowest BCUT2D eigenvalue weighted by atomic mass is 10.1. The summed E-state index contributed by atoms with van der Waals surface area (Å²) in [4.78, 5) is 0. The van der Waals surface area contributed by atoms with Crippen LogP contribution in [0.15, 0.2) is 36.0 Å². The molecule has 74 valence electrons. The first kappa shape index (κ1) is 12.2. The van der Waals surface area contributed by atoms with Crippen LogP contribution in [0.25, 0.3) is 0 Å². The van der Waals surface area contributed by atoms with E-state index in [0.717, 1.165) is 5.57 Å². The number of allylic oxidation sites excluding steroid dienone is 5. The molecule has 0 heterocycles. The SMILES string of the molecule is C=C(C)C(/C=C\C)=C/CCCCC. The van der Waals surface area contributed by atoms with Crippen LogP contribution in [0.5, 0.6) is 0 Å². The van der Waals surface area contributed by atoms with Gasteiger partial charge in [0.15, 0.2) is 0 Å². The average Bonchev–Trinajstić information content (AvgIpc) is 2.10. The third-order valence-corrected chi connectivity index (χ3v) is 2.01. The zero-order valence-corrected chi connectivity index (χ0v) is 9.27. The van der Waals surface area contributed by atoms with Crippen LogP contribution in [0.4, 0.5) is 0 Å². The van der Waals surface area contributed by atoms with Crippen molar-refractivity contribution in [1.29, 1.82) is 0 Å². The highest BCUT2D eigenvalue weighted by atomic mass is 14.0. The molecule has 0 aliphatic heterocycles. The standard InChI is InChI=1S/C13H22/c1-5-7-8-9-11-13(10-6-2)12(3)4/h6,10-11H,3,5,7-9H2,1-2,4H3/b10-6-,13-11+. The van der Waals surface area contributed by atoms with Gasteiger partial charge in [-0.3, -0.25) is 0 Å². The molecule has 0 nitrogen and oxygen atoms in total. The van der Waals surface area contributed by atoms with E-state index in [0.29, 0.717) is 0 Å². The summed E-state index contributed by atoms with van der Waals surface area (Å²) in [6, 6.07) is 0. The maximum atomic E-state index is 3.95. The lowest BCUT2D eigenvalue weighted by molar-refractivity contribution is 0.728. The predicted octanol–water partition coefficient (Wildman–Crippen LogP) is 4.65. The van der Waals surface area contributed by atoms with Crippen LogP contribution < -0.4 is 0 Å². The van der Waals surface area contributed by atoms with E-state index < -0.39 is 0 Å². The second kappa shape index (κ2) is 7.85. The molecule has 0 unspecified atom stereocenters. The first-order valence-corrected chi connectivity index (χ1v) is 5.21. The van der Waals surface area contributed by atoms with Gasteiger partial charge < -0.3 is 0 Å². The molecule has 0 aromatic carbocycles. The van der Waals surface area contributed by atoms with Crippen molar-refractivity contribution in [2.24, 2.45) is 0 Å². The van der Waals surface area contributed by atoms with Crippen LogP contribution >= 0.6 is 0 Å². The highest BCUT2D eigenvalue weighted by molar-refractivity contribution is 5.36. The van der Waals surface area contributed by atoms with Gasteiger partial charge in [0.2, 0.25) is 0 Å². The van der Waals surface area contributed by atoms with Gasteiger partial charge >= 0.3 is 0 Å². The van der Waals surface area contributed by atoms with Crippen LogP contribution in [0.1, 0.15) is 46.5 Å². The Morgan fingerprint density at radius 1 is 1.31 bits per heavy atom. The minimum atomic E-state index is 1.16. The van der Waals surface area contributed by atoms with Gasteiger partial charge in [0, 0.05) is 0 Å². The first-order valence-electron chi connectivity index (χ1n) is 5.21. The molecule has 0 atom stereocenters.